The molecule has 0 radical (unpaired) electrons. The van der Waals surface area contributed by atoms with Crippen LogP contribution in [0.3, 0.4) is 0 Å². The summed E-state index contributed by atoms with van der Waals surface area (Å²) in [5.41, 5.74) is 21.9. The number of nitrogens with zero attached hydrogens (tertiary/aromatic N) is 1. The van der Waals surface area contributed by atoms with E-state index in [0.717, 1.165) is 16.7 Å². The zero-order chi connectivity index (χ0) is 44.2. The number of halogens is 2. The van der Waals surface area contributed by atoms with Crippen molar-refractivity contribution < 1.29 is 33.4 Å². The molecule has 2 amide bonds. The number of ketones is 3. The van der Waals surface area contributed by atoms with Crippen molar-refractivity contribution in [2.45, 2.75) is 64.5 Å². The molecule has 1 heterocycles. The number of Topliss-reactive ketones (excluding diaryl/α,β-unsaturated/α-hetero) is 3. The zero-order valence-corrected chi connectivity index (χ0v) is 36.4. The van der Waals surface area contributed by atoms with Crippen LogP contribution in [0.4, 0.5) is 0 Å². The number of likely N-dealkylation sites (N-methyl/N-ethyl adjacent to an activating group) is 1. The molecule has 12 nitrogen and oxygen atoms in total. The van der Waals surface area contributed by atoms with Crippen LogP contribution in [-0.4, -0.2) is 80.0 Å². The smallest absolute Gasteiger partial charge is 0.226 e. The molecule has 1 aliphatic heterocycles. The number of unbranched alkanes of at least 4 members (excludes halogenated alkanes) is 1. The molecule has 0 spiro atoms. The summed E-state index contributed by atoms with van der Waals surface area (Å²) in [6.45, 7) is 4.31. The summed E-state index contributed by atoms with van der Waals surface area (Å²) in [5, 5.41) is 3.82. The van der Waals surface area contributed by atoms with Gasteiger partial charge in [-0.15, -0.1) is 0 Å². The molecule has 61 heavy (non-hydrogen) atoms. The summed E-state index contributed by atoms with van der Waals surface area (Å²) < 4.78 is 12.2. The number of carbonyl (C=O) groups excluding carboxylic acids is 5. The lowest BCUT2D eigenvalue weighted by atomic mass is 9.87. The molecule has 0 aromatic heterocycles. The van der Waals surface area contributed by atoms with Crippen molar-refractivity contribution in [3.8, 4) is 33.8 Å². The molecule has 324 valence electrons. The van der Waals surface area contributed by atoms with Crippen LogP contribution in [0, 0.1) is 11.8 Å². The molecule has 14 heteroatoms. The van der Waals surface area contributed by atoms with Crippen molar-refractivity contribution in [2.75, 3.05) is 39.9 Å². The van der Waals surface area contributed by atoms with E-state index < -0.39 is 41.5 Å². The predicted molar refractivity (Wildman–Crippen MR) is 239 cm³/mol. The second-order valence-electron chi connectivity index (χ2n) is 15.5. The van der Waals surface area contributed by atoms with Crippen LogP contribution < -0.4 is 32.0 Å². The SMILES string of the molecule is CC(=O)[C@@H]1Cc2ccc(OCCN)c(c2)-c2cc(ccc2OCCN)[C@H](N(C)C(=O)[C@H](CCCCN)CC(=O)c2ccc(-c3cc(Cl)cc(Cl)c3)cc2)C(=O)C[C@@H](C)C(=O)N1. The largest absolute Gasteiger partial charge is 0.492 e. The van der Waals surface area contributed by atoms with Crippen molar-refractivity contribution in [2.24, 2.45) is 29.0 Å². The summed E-state index contributed by atoms with van der Waals surface area (Å²) in [7, 11) is 1.55. The van der Waals surface area contributed by atoms with Crippen LogP contribution >= 0.6 is 23.2 Å². The Morgan fingerprint density at radius 3 is 2.02 bits per heavy atom. The van der Waals surface area contributed by atoms with E-state index in [1.54, 1.807) is 80.7 Å². The molecule has 0 saturated carbocycles. The molecule has 4 bridgehead atoms. The normalized spacial score (nSPS) is 17.1. The van der Waals surface area contributed by atoms with Gasteiger partial charge in [0.2, 0.25) is 11.8 Å². The Balaban J connectivity index is 1.57. The van der Waals surface area contributed by atoms with Crippen molar-refractivity contribution in [3.63, 3.8) is 0 Å². The van der Waals surface area contributed by atoms with Gasteiger partial charge in [0.15, 0.2) is 17.3 Å². The molecule has 4 aromatic carbocycles. The van der Waals surface area contributed by atoms with E-state index in [9.17, 15) is 24.0 Å². The van der Waals surface area contributed by atoms with Gasteiger partial charge in [0, 0.05) is 71.6 Å². The predicted octanol–water partition coefficient (Wildman–Crippen LogP) is 6.75. The van der Waals surface area contributed by atoms with Crippen molar-refractivity contribution >= 4 is 52.4 Å². The third kappa shape index (κ3) is 12.3. The summed E-state index contributed by atoms with van der Waals surface area (Å²) in [6, 6.07) is 20.9. The highest BCUT2D eigenvalue weighted by Gasteiger charge is 2.36. The monoisotopic (exact) mass is 871 g/mol. The molecule has 4 atom stereocenters. The quantitative estimate of drug-likeness (QED) is 0.0651. The molecule has 0 saturated heterocycles. The van der Waals surface area contributed by atoms with Crippen LogP contribution in [0.15, 0.2) is 78.9 Å². The van der Waals surface area contributed by atoms with Crippen LogP contribution in [0.25, 0.3) is 22.3 Å². The van der Waals surface area contributed by atoms with Gasteiger partial charge in [0.05, 0.1) is 6.04 Å². The average molecular weight is 873 g/mol. The number of fused-ring (bicyclic) bond motifs is 5. The molecular formula is C47H55Cl2N5O7. The van der Waals surface area contributed by atoms with Gasteiger partial charge in [-0.3, -0.25) is 24.0 Å². The van der Waals surface area contributed by atoms with Gasteiger partial charge in [0.25, 0.3) is 0 Å². The molecule has 0 fully saturated rings. The maximum Gasteiger partial charge on any atom is 0.226 e. The number of rotatable bonds is 17. The Kier molecular flexibility index (Phi) is 17.0. The highest BCUT2D eigenvalue weighted by Crippen LogP contribution is 2.41. The Morgan fingerprint density at radius 1 is 0.787 bits per heavy atom. The Bertz CT molecular complexity index is 2200. The highest BCUT2D eigenvalue weighted by molar-refractivity contribution is 6.35. The highest BCUT2D eigenvalue weighted by atomic mass is 35.5. The van der Waals surface area contributed by atoms with E-state index in [1.165, 1.54) is 11.8 Å². The van der Waals surface area contributed by atoms with Gasteiger partial charge >= 0.3 is 0 Å². The summed E-state index contributed by atoms with van der Waals surface area (Å²) in [5.74, 6) is -2.50. The van der Waals surface area contributed by atoms with Gasteiger partial charge in [-0.1, -0.05) is 72.9 Å². The van der Waals surface area contributed by atoms with E-state index in [-0.39, 0.29) is 57.1 Å². The number of ether oxygens (including phenoxy) is 2. The second-order valence-corrected chi connectivity index (χ2v) is 16.4. The first-order valence-corrected chi connectivity index (χ1v) is 21.3. The lowest BCUT2D eigenvalue weighted by molar-refractivity contribution is -0.142. The Morgan fingerprint density at radius 2 is 1.41 bits per heavy atom. The summed E-state index contributed by atoms with van der Waals surface area (Å²) in [4.78, 5) is 71.2. The van der Waals surface area contributed by atoms with Crippen LogP contribution in [0.2, 0.25) is 10.0 Å². The topological polar surface area (TPSA) is 197 Å². The van der Waals surface area contributed by atoms with Gasteiger partial charge < -0.3 is 36.9 Å². The first kappa shape index (κ1) is 46.9. The third-order valence-electron chi connectivity index (χ3n) is 10.8. The lowest BCUT2D eigenvalue weighted by Gasteiger charge is -2.32. The Hall–Kier alpha value is -5.11. The van der Waals surface area contributed by atoms with Gasteiger partial charge in [-0.05, 0) is 97.4 Å². The molecule has 5 rings (SSSR count). The number of hydrogen-bond acceptors (Lipinski definition) is 10. The van der Waals surface area contributed by atoms with Crippen molar-refractivity contribution in [3.05, 3.63) is 106 Å². The average Bonchev–Trinajstić information content (AvgIpc) is 3.23. The molecule has 0 aliphatic carbocycles. The maximum atomic E-state index is 14.8. The Labute approximate surface area is 367 Å². The number of carbonyl (C=O) groups is 5. The zero-order valence-electron chi connectivity index (χ0n) is 34.9. The van der Waals surface area contributed by atoms with E-state index in [4.69, 9.17) is 49.9 Å². The van der Waals surface area contributed by atoms with Crippen LogP contribution in [0.1, 0.15) is 73.5 Å². The lowest BCUT2D eigenvalue weighted by Crippen LogP contribution is -2.45. The van der Waals surface area contributed by atoms with E-state index >= 15 is 0 Å². The van der Waals surface area contributed by atoms with Gasteiger partial charge in [-0.2, -0.15) is 0 Å². The minimum absolute atomic E-state index is 0.117. The van der Waals surface area contributed by atoms with Crippen LogP contribution in [0.5, 0.6) is 11.5 Å². The van der Waals surface area contributed by atoms with Crippen LogP contribution in [-0.2, 0) is 25.6 Å². The minimum atomic E-state index is -1.18. The second kappa shape index (κ2) is 22.1. The van der Waals surface area contributed by atoms with E-state index in [2.05, 4.69) is 5.32 Å². The summed E-state index contributed by atoms with van der Waals surface area (Å²) >= 11 is 12.5. The first-order chi connectivity index (χ1) is 29.2. The number of nitrogens with two attached hydrogens (primary N) is 3. The molecule has 4 aromatic rings. The molecule has 0 unspecified atom stereocenters. The van der Waals surface area contributed by atoms with E-state index in [0.29, 0.717) is 69.6 Å². The van der Waals surface area contributed by atoms with Crippen molar-refractivity contribution in [1.82, 2.24) is 10.2 Å². The molecule has 1 aliphatic rings. The van der Waals surface area contributed by atoms with Gasteiger partial charge in [-0.25, -0.2) is 0 Å². The number of hydrogen-bond donors (Lipinski definition) is 4. The fraction of sp³-hybridized carbons (Fsp3) is 0.383. The van der Waals surface area contributed by atoms with Crippen molar-refractivity contribution in [1.29, 1.82) is 0 Å². The minimum Gasteiger partial charge on any atom is -0.492 e. The number of nitrogens with one attached hydrogen (secondary N) is 1. The fourth-order valence-corrected chi connectivity index (χ4v) is 8.11. The third-order valence-corrected chi connectivity index (χ3v) is 11.3. The number of benzene rings is 4. The maximum absolute atomic E-state index is 14.8. The first-order valence-electron chi connectivity index (χ1n) is 20.6. The van der Waals surface area contributed by atoms with Gasteiger partial charge in [0.1, 0.15) is 30.8 Å². The van der Waals surface area contributed by atoms with E-state index in [1.807, 2.05) is 12.1 Å². The number of amides is 2. The summed E-state index contributed by atoms with van der Waals surface area (Å²) in [6.07, 6.45) is 1.40. The molecular weight excluding hydrogens is 817 g/mol. The standard InChI is InChI=1S/C47H55Cl2N5O7/c1-28-20-42(57)45(54(3)47(59)34(6-4-5-15-50)26-41(56)32-10-8-31(9-11-32)35-23-36(48)27-37(49)24-35)33-12-14-44(61-19-17-52)39(25-33)38-21-30(7-13-43(38)60-18-16-51)22-40(29(2)55)53-46(28)58/h7-14,21,23-25,27-28,34,40,45H,4-6,15-20,22,26,50-52H2,1-3H3,(H,53,58)/t28-,34-,40+,45+/m1/s1. The molecule has 7 N–H and O–H groups in total. The fourth-order valence-electron chi connectivity index (χ4n) is 7.58.